The lowest BCUT2D eigenvalue weighted by Gasteiger charge is -2.43. The van der Waals surface area contributed by atoms with Gasteiger partial charge in [0, 0.05) is 38.1 Å². The molecule has 0 radical (unpaired) electrons. The van der Waals surface area contributed by atoms with Crippen LogP contribution < -0.4 is 4.74 Å². The predicted octanol–water partition coefficient (Wildman–Crippen LogP) is 3.34. The Morgan fingerprint density at radius 3 is 2.53 bits per heavy atom. The molecule has 0 bridgehead atoms. The van der Waals surface area contributed by atoms with Crippen LogP contribution in [0.1, 0.15) is 37.8 Å². The molecule has 1 atom stereocenters. The predicted molar refractivity (Wildman–Crippen MR) is 122 cm³/mol. The zero-order chi connectivity index (χ0) is 22.7. The Kier molecular flexibility index (Phi) is 6.46. The maximum Gasteiger partial charge on any atom is 0.327 e. The average molecular weight is 437 g/mol. The van der Waals surface area contributed by atoms with Gasteiger partial charge in [-0.15, -0.1) is 0 Å². The first-order chi connectivity index (χ1) is 15.5. The lowest BCUT2D eigenvalue weighted by Crippen LogP contribution is -2.57. The number of hydrogen-bond donors (Lipinski definition) is 0. The van der Waals surface area contributed by atoms with Gasteiger partial charge in [-0.1, -0.05) is 18.2 Å². The molecule has 2 aliphatic rings. The summed E-state index contributed by atoms with van der Waals surface area (Å²) in [4.78, 5) is 36.7. The molecule has 0 unspecified atom stereocenters. The average Bonchev–Trinajstić information content (AvgIpc) is 3.01. The van der Waals surface area contributed by atoms with Crippen molar-refractivity contribution in [2.75, 3.05) is 26.7 Å². The Morgan fingerprint density at radius 1 is 1.12 bits per heavy atom. The third-order valence-electron chi connectivity index (χ3n) is 6.92. The Morgan fingerprint density at radius 2 is 1.88 bits per heavy atom. The van der Waals surface area contributed by atoms with Gasteiger partial charge in [0.1, 0.15) is 11.3 Å². The van der Waals surface area contributed by atoms with E-state index in [1.165, 1.54) is 10.5 Å². The van der Waals surface area contributed by atoms with Crippen molar-refractivity contribution in [2.45, 2.75) is 51.2 Å². The van der Waals surface area contributed by atoms with Gasteiger partial charge in [0.15, 0.2) is 0 Å². The number of pyridine rings is 1. The van der Waals surface area contributed by atoms with Crippen molar-refractivity contribution >= 4 is 11.9 Å². The summed E-state index contributed by atoms with van der Waals surface area (Å²) in [6, 6.07) is 11.8. The van der Waals surface area contributed by atoms with Crippen molar-refractivity contribution in [3.05, 3.63) is 59.9 Å². The summed E-state index contributed by atoms with van der Waals surface area (Å²) in [7, 11) is 1.61. The highest BCUT2D eigenvalue weighted by Gasteiger charge is 2.57. The van der Waals surface area contributed by atoms with Gasteiger partial charge in [0.2, 0.25) is 0 Å². The number of likely N-dealkylation sites (N-methyl/N-ethyl adjacent to an activating group) is 1. The highest BCUT2D eigenvalue weighted by molar-refractivity contribution is 6.07. The second-order valence-electron chi connectivity index (χ2n) is 8.75. The van der Waals surface area contributed by atoms with E-state index in [-0.39, 0.29) is 18.5 Å². The molecular weight excluding hydrogens is 404 g/mol. The van der Waals surface area contributed by atoms with E-state index in [0.29, 0.717) is 25.4 Å². The van der Waals surface area contributed by atoms with Crippen LogP contribution in [0.3, 0.4) is 0 Å². The van der Waals surface area contributed by atoms with Crippen LogP contribution in [0.4, 0.5) is 4.79 Å². The van der Waals surface area contributed by atoms with E-state index < -0.39 is 5.54 Å². The van der Waals surface area contributed by atoms with Crippen LogP contribution in [0.5, 0.6) is 5.75 Å². The minimum absolute atomic E-state index is 0.0632. The smallest absolute Gasteiger partial charge is 0.327 e. The summed E-state index contributed by atoms with van der Waals surface area (Å²) in [6.07, 6.45) is 5.95. The molecule has 0 N–H and O–H groups in total. The summed E-state index contributed by atoms with van der Waals surface area (Å²) >= 11 is 0. The fraction of sp³-hybridized carbons (Fsp3) is 0.480. The molecule has 2 saturated heterocycles. The van der Waals surface area contributed by atoms with Crippen LogP contribution in [0, 0.1) is 0 Å². The number of urea groups is 1. The van der Waals surface area contributed by atoms with Crippen molar-refractivity contribution in [3.8, 4) is 5.75 Å². The minimum Gasteiger partial charge on any atom is -0.497 e. The number of piperidine rings is 1. The number of amides is 3. The molecule has 1 spiro atoms. The van der Waals surface area contributed by atoms with Gasteiger partial charge >= 0.3 is 6.03 Å². The lowest BCUT2D eigenvalue weighted by molar-refractivity contribution is -0.136. The number of likely N-dealkylation sites (tertiary alicyclic amines) is 1. The van der Waals surface area contributed by atoms with Crippen LogP contribution in [0.25, 0.3) is 0 Å². The molecule has 2 fully saturated rings. The Balaban J connectivity index is 1.46. The number of carbonyl (C=O) groups excluding carboxylic acids is 2. The number of aromatic nitrogens is 1. The van der Waals surface area contributed by atoms with E-state index >= 15 is 0 Å². The molecule has 1 aromatic carbocycles. The molecule has 0 saturated carbocycles. The normalized spacial score (nSPS) is 19.6. The first kappa shape index (κ1) is 22.3. The first-order valence-corrected chi connectivity index (χ1v) is 11.4. The van der Waals surface area contributed by atoms with Crippen LogP contribution in [-0.4, -0.2) is 69.9 Å². The minimum atomic E-state index is -0.727. The summed E-state index contributed by atoms with van der Waals surface area (Å²) in [5.74, 6) is 0.659. The summed E-state index contributed by atoms with van der Waals surface area (Å²) in [6.45, 7) is 6.57. The number of ether oxygens (including phenoxy) is 1. The molecular formula is C25H32N4O3. The van der Waals surface area contributed by atoms with Gasteiger partial charge in [-0.2, -0.15) is 0 Å². The fourth-order valence-corrected chi connectivity index (χ4v) is 5.12. The Hall–Kier alpha value is -2.93. The molecule has 2 aliphatic heterocycles. The number of nitrogens with zero attached hydrogens (tertiary/aromatic N) is 4. The van der Waals surface area contributed by atoms with Crippen LogP contribution in [0.15, 0.2) is 48.8 Å². The highest BCUT2D eigenvalue weighted by atomic mass is 16.5. The van der Waals surface area contributed by atoms with Crippen LogP contribution in [-0.2, 0) is 17.8 Å². The molecule has 1 aromatic heterocycles. The summed E-state index contributed by atoms with van der Waals surface area (Å²) < 4.78 is 5.29. The van der Waals surface area contributed by atoms with Crippen molar-refractivity contribution in [1.29, 1.82) is 0 Å². The van der Waals surface area contributed by atoms with E-state index in [4.69, 9.17) is 4.74 Å². The molecule has 2 aromatic rings. The van der Waals surface area contributed by atoms with Gasteiger partial charge in [-0.25, -0.2) is 4.79 Å². The standard InChI is InChI=1S/C25H32N4O3/c1-4-29-24(31)28(18-21-7-5-9-22(16-21)32-3)23(30)25(29)10-13-27(14-11-25)19(2)15-20-8-6-12-26-17-20/h5-9,12,16-17,19H,4,10-11,13-15,18H2,1-3H3/t19-/m1/s1. The zero-order valence-corrected chi connectivity index (χ0v) is 19.2. The fourth-order valence-electron chi connectivity index (χ4n) is 5.12. The first-order valence-electron chi connectivity index (χ1n) is 11.4. The van der Waals surface area contributed by atoms with Crippen molar-refractivity contribution < 1.29 is 14.3 Å². The molecule has 7 nitrogen and oxygen atoms in total. The number of imide groups is 1. The van der Waals surface area contributed by atoms with Gasteiger partial charge in [-0.3, -0.25) is 14.7 Å². The molecule has 170 valence electrons. The second-order valence-corrected chi connectivity index (χ2v) is 8.75. The van der Waals surface area contributed by atoms with E-state index in [0.717, 1.165) is 30.8 Å². The number of rotatable bonds is 7. The van der Waals surface area contributed by atoms with E-state index in [1.54, 1.807) is 18.2 Å². The molecule has 3 amide bonds. The van der Waals surface area contributed by atoms with E-state index in [9.17, 15) is 9.59 Å². The number of benzene rings is 1. The summed E-state index contributed by atoms with van der Waals surface area (Å²) in [5.41, 5.74) is 1.38. The van der Waals surface area contributed by atoms with Gasteiger partial charge in [0.05, 0.1) is 13.7 Å². The van der Waals surface area contributed by atoms with Crippen molar-refractivity contribution in [2.24, 2.45) is 0 Å². The molecule has 4 rings (SSSR count). The topological polar surface area (TPSA) is 66.0 Å². The van der Waals surface area contributed by atoms with Gasteiger partial charge in [0.25, 0.3) is 5.91 Å². The Bertz CT molecular complexity index is 957. The van der Waals surface area contributed by atoms with E-state index in [1.807, 2.05) is 43.5 Å². The van der Waals surface area contributed by atoms with Gasteiger partial charge in [-0.05, 0) is 62.4 Å². The van der Waals surface area contributed by atoms with E-state index in [2.05, 4.69) is 22.9 Å². The number of carbonyl (C=O) groups is 2. The third kappa shape index (κ3) is 4.09. The number of hydrogen-bond acceptors (Lipinski definition) is 5. The number of methoxy groups -OCH3 is 1. The quantitative estimate of drug-likeness (QED) is 0.623. The molecule has 7 heteroatoms. The van der Waals surface area contributed by atoms with Gasteiger partial charge < -0.3 is 14.5 Å². The monoisotopic (exact) mass is 436 g/mol. The largest absolute Gasteiger partial charge is 0.497 e. The third-order valence-corrected chi connectivity index (χ3v) is 6.92. The molecule has 3 heterocycles. The highest BCUT2D eigenvalue weighted by Crippen LogP contribution is 2.38. The maximum atomic E-state index is 13.6. The van der Waals surface area contributed by atoms with Crippen molar-refractivity contribution in [3.63, 3.8) is 0 Å². The lowest BCUT2D eigenvalue weighted by atomic mass is 9.85. The molecule has 32 heavy (non-hydrogen) atoms. The second kappa shape index (κ2) is 9.28. The van der Waals surface area contributed by atoms with Crippen LogP contribution in [0.2, 0.25) is 0 Å². The van der Waals surface area contributed by atoms with Crippen LogP contribution >= 0.6 is 0 Å². The SMILES string of the molecule is CCN1C(=O)N(Cc2cccc(OC)c2)C(=O)C12CCN([C@H](C)Cc1cccnc1)CC2. The molecule has 0 aliphatic carbocycles. The summed E-state index contributed by atoms with van der Waals surface area (Å²) in [5, 5.41) is 0. The van der Waals surface area contributed by atoms with Crippen molar-refractivity contribution in [1.82, 2.24) is 19.7 Å². The Labute approximate surface area is 190 Å². The maximum absolute atomic E-state index is 13.6. The zero-order valence-electron chi connectivity index (χ0n) is 19.2.